The summed E-state index contributed by atoms with van der Waals surface area (Å²) >= 11 is 0. The van der Waals surface area contributed by atoms with E-state index in [-0.39, 0.29) is 6.04 Å². The second-order valence-corrected chi connectivity index (χ2v) is 7.60. The Morgan fingerprint density at radius 1 is 0.786 bits per heavy atom. The molecule has 0 amide bonds. The van der Waals surface area contributed by atoms with Gasteiger partial charge in [0.05, 0.1) is 17.4 Å². The van der Waals surface area contributed by atoms with Gasteiger partial charge in [-0.3, -0.25) is 5.01 Å². The van der Waals surface area contributed by atoms with Crippen molar-refractivity contribution in [1.29, 1.82) is 0 Å². The van der Waals surface area contributed by atoms with Crippen molar-refractivity contribution in [1.82, 2.24) is 0 Å². The molecular weight excluding hydrogens is 340 g/mol. The Hall–Kier alpha value is -3.13. The van der Waals surface area contributed by atoms with E-state index in [1.807, 2.05) is 0 Å². The zero-order valence-electron chi connectivity index (χ0n) is 15.9. The minimum absolute atomic E-state index is 0.262. The van der Waals surface area contributed by atoms with Crippen LogP contribution in [-0.2, 0) is 0 Å². The van der Waals surface area contributed by atoms with Crippen LogP contribution in [0.1, 0.15) is 36.4 Å². The predicted octanol–water partition coefficient (Wildman–Crippen LogP) is 6.49. The van der Waals surface area contributed by atoms with Crippen molar-refractivity contribution in [3.05, 3.63) is 108 Å². The second kappa shape index (κ2) is 7.47. The second-order valence-electron chi connectivity index (χ2n) is 7.60. The summed E-state index contributed by atoms with van der Waals surface area (Å²) in [4.78, 5) is 0. The topological polar surface area (TPSA) is 15.6 Å². The molecule has 2 aliphatic rings. The minimum Gasteiger partial charge on any atom is -0.257 e. The van der Waals surface area contributed by atoms with Crippen LogP contribution in [0.25, 0.3) is 6.08 Å². The van der Waals surface area contributed by atoms with Crippen molar-refractivity contribution in [3.8, 4) is 0 Å². The van der Waals surface area contributed by atoms with E-state index in [4.69, 9.17) is 5.10 Å². The Labute approximate surface area is 166 Å². The molecule has 1 heterocycles. The lowest BCUT2D eigenvalue weighted by Crippen LogP contribution is -2.28. The summed E-state index contributed by atoms with van der Waals surface area (Å²) in [6.07, 6.45) is 5.85. The van der Waals surface area contributed by atoms with Gasteiger partial charge in [-0.15, -0.1) is 0 Å². The van der Waals surface area contributed by atoms with Gasteiger partial charge >= 0.3 is 0 Å². The van der Waals surface area contributed by atoms with Crippen molar-refractivity contribution in [2.24, 2.45) is 11.0 Å². The number of anilines is 1. The first-order valence-corrected chi connectivity index (χ1v) is 10.1. The van der Waals surface area contributed by atoms with E-state index in [0.29, 0.717) is 5.92 Å². The third-order valence-electron chi connectivity index (χ3n) is 5.80. The van der Waals surface area contributed by atoms with E-state index in [1.165, 1.54) is 35.3 Å². The Balaban J connectivity index is 1.59. The third-order valence-corrected chi connectivity index (χ3v) is 5.80. The lowest BCUT2D eigenvalue weighted by atomic mass is 9.77. The molecule has 0 radical (unpaired) electrons. The summed E-state index contributed by atoms with van der Waals surface area (Å²) in [5, 5.41) is 7.45. The van der Waals surface area contributed by atoms with Crippen LogP contribution in [0.2, 0.25) is 0 Å². The average molecular weight is 364 g/mol. The van der Waals surface area contributed by atoms with E-state index < -0.39 is 0 Å². The molecule has 0 bridgehead atoms. The maximum absolute atomic E-state index is 5.20. The Kier molecular flexibility index (Phi) is 4.54. The zero-order valence-corrected chi connectivity index (χ0v) is 15.9. The van der Waals surface area contributed by atoms with E-state index >= 15 is 0 Å². The summed E-state index contributed by atoms with van der Waals surface area (Å²) in [5.41, 5.74) is 6.43. The van der Waals surface area contributed by atoms with Crippen LogP contribution in [0.3, 0.4) is 0 Å². The zero-order chi connectivity index (χ0) is 18.8. The third kappa shape index (κ3) is 3.16. The molecule has 1 aliphatic heterocycles. The lowest BCUT2D eigenvalue weighted by molar-refractivity contribution is 0.488. The van der Waals surface area contributed by atoms with Gasteiger partial charge in [0.1, 0.15) is 0 Å². The molecule has 0 unspecified atom stereocenters. The van der Waals surface area contributed by atoms with Gasteiger partial charge in [0.25, 0.3) is 0 Å². The van der Waals surface area contributed by atoms with Gasteiger partial charge in [-0.1, -0.05) is 78.9 Å². The first-order chi connectivity index (χ1) is 13.9. The van der Waals surface area contributed by atoms with Crippen LogP contribution in [0.4, 0.5) is 5.69 Å². The first-order valence-electron chi connectivity index (χ1n) is 10.1. The number of para-hydroxylation sites is 1. The largest absolute Gasteiger partial charge is 0.257 e. The van der Waals surface area contributed by atoms with E-state index in [0.717, 1.165) is 12.1 Å². The molecule has 0 spiro atoms. The molecule has 0 aromatic heterocycles. The molecule has 3 aromatic carbocycles. The maximum atomic E-state index is 5.20. The fraction of sp³-hybridized carbons (Fsp3) is 0.192. The van der Waals surface area contributed by atoms with Gasteiger partial charge in [-0.25, -0.2) is 0 Å². The van der Waals surface area contributed by atoms with Crippen LogP contribution >= 0.6 is 0 Å². The highest BCUT2D eigenvalue weighted by Gasteiger charge is 2.41. The van der Waals surface area contributed by atoms with Crippen LogP contribution in [0, 0.1) is 5.92 Å². The Bertz CT molecular complexity index is 990. The lowest BCUT2D eigenvalue weighted by Gasteiger charge is -2.30. The normalized spacial score (nSPS) is 22.8. The molecule has 1 fully saturated rings. The van der Waals surface area contributed by atoms with Gasteiger partial charge in [-0.2, -0.15) is 5.10 Å². The molecule has 2 nitrogen and oxygen atoms in total. The molecule has 5 rings (SSSR count). The molecule has 1 aliphatic carbocycles. The summed E-state index contributed by atoms with van der Waals surface area (Å²) in [7, 11) is 0. The van der Waals surface area contributed by atoms with Gasteiger partial charge in [0.2, 0.25) is 0 Å². The van der Waals surface area contributed by atoms with Crippen LogP contribution < -0.4 is 5.01 Å². The monoisotopic (exact) mass is 364 g/mol. The van der Waals surface area contributed by atoms with Crippen LogP contribution in [0.5, 0.6) is 0 Å². The van der Waals surface area contributed by atoms with Crippen LogP contribution in [-0.4, -0.2) is 5.71 Å². The Morgan fingerprint density at radius 3 is 2.14 bits per heavy atom. The number of nitrogens with zero attached hydrogens (tertiary/aromatic N) is 2. The van der Waals surface area contributed by atoms with Gasteiger partial charge in [0, 0.05) is 5.92 Å². The highest BCUT2D eigenvalue weighted by atomic mass is 15.5. The molecule has 2 heteroatoms. The van der Waals surface area contributed by atoms with Crippen molar-refractivity contribution >= 4 is 17.5 Å². The van der Waals surface area contributed by atoms with Crippen molar-refractivity contribution in [3.63, 3.8) is 0 Å². The predicted molar refractivity (Wildman–Crippen MR) is 117 cm³/mol. The maximum Gasteiger partial charge on any atom is 0.0859 e. The van der Waals surface area contributed by atoms with Crippen LogP contribution in [0.15, 0.2) is 102 Å². The van der Waals surface area contributed by atoms with Crippen molar-refractivity contribution < 1.29 is 0 Å². The van der Waals surface area contributed by atoms with Crippen molar-refractivity contribution in [2.45, 2.75) is 25.3 Å². The highest BCUT2D eigenvalue weighted by Crippen LogP contribution is 2.46. The molecular formula is C26H24N2. The van der Waals surface area contributed by atoms with E-state index in [2.05, 4.69) is 102 Å². The number of hydrogen-bond acceptors (Lipinski definition) is 2. The number of fused-ring (bicyclic) bond motifs is 1. The van der Waals surface area contributed by atoms with Gasteiger partial charge in [-0.05, 0) is 54.2 Å². The van der Waals surface area contributed by atoms with Gasteiger partial charge < -0.3 is 0 Å². The minimum atomic E-state index is 0.262. The summed E-state index contributed by atoms with van der Waals surface area (Å²) in [6.45, 7) is 0. The fourth-order valence-electron chi connectivity index (χ4n) is 4.53. The first kappa shape index (κ1) is 17.0. The molecule has 0 saturated heterocycles. The molecule has 28 heavy (non-hydrogen) atoms. The van der Waals surface area contributed by atoms with E-state index in [1.54, 1.807) is 0 Å². The van der Waals surface area contributed by atoms with E-state index in [9.17, 15) is 0 Å². The number of hydrogen-bond donors (Lipinski definition) is 0. The molecule has 1 saturated carbocycles. The summed E-state index contributed by atoms with van der Waals surface area (Å²) < 4.78 is 0. The molecule has 2 atom stereocenters. The molecule has 138 valence electrons. The fourth-order valence-corrected chi connectivity index (χ4v) is 4.53. The van der Waals surface area contributed by atoms with Gasteiger partial charge in [0.15, 0.2) is 0 Å². The number of benzene rings is 3. The molecule has 3 aromatic rings. The number of allylic oxidation sites excluding steroid dienone is 1. The summed E-state index contributed by atoms with van der Waals surface area (Å²) in [5.74, 6) is 0.436. The average Bonchev–Trinajstić information content (AvgIpc) is 3.16. The number of hydrazone groups is 1. The smallest absolute Gasteiger partial charge is 0.0859 e. The quantitative estimate of drug-likeness (QED) is 0.519. The summed E-state index contributed by atoms with van der Waals surface area (Å²) in [6, 6.07) is 32.3. The SMILES string of the molecule is C(=C1/CCC[C@@H]2C1=NN(c1ccccc1)[C@@H]2c1ccccc1)/c1ccccc1. The Morgan fingerprint density at radius 2 is 1.43 bits per heavy atom. The molecule has 0 N–H and O–H groups in total. The standard InChI is InChI=1S/C26H24N2/c1-4-11-20(12-5-1)19-22-15-10-18-24-25(22)27-28(23-16-8-3-9-17-23)26(24)21-13-6-2-7-14-21/h1-9,11-14,16-17,19,24,26H,10,15,18H2/b22-19+/t24-,26-/m1/s1. The number of rotatable bonds is 3. The highest BCUT2D eigenvalue weighted by molar-refractivity contribution is 6.08. The van der Waals surface area contributed by atoms with Crippen molar-refractivity contribution in [2.75, 3.05) is 5.01 Å².